The van der Waals surface area contributed by atoms with Crippen molar-refractivity contribution in [1.82, 2.24) is 14.9 Å². The van der Waals surface area contributed by atoms with Crippen LogP contribution in [0.2, 0.25) is 0 Å². The molecule has 2 aliphatic rings. The van der Waals surface area contributed by atoms with E-state index < -0.39 is 6.61 Å². The van der Waals surface area contributed by atoms with Gasteiger partial charge >= 0.3 is 0 Å². The molecule has 1 aliphatic heterocycles. The molecule has 7 heteroatoms. The standard InChI is InChI=1S/C28H28N4O3/c1-18(2)35-26-7-6-19(12-20(26)13-29)24-14-31-25(15-30-24)22-4-3-5-23-21(22)8-9-28(23)10-11-32(17-28)27(34)16-33/h3-7,12,14-15,18,33H,8-11,16-17H2,1-2H3. The predicted octanol–water partition coefficient (Wildman–Crippen LogP) is 3.88. The van der Waals surface area contributed by atoms with Gasteiger partial charge in [0.2, 0.25) is 5.91 Å². The van der Waals surface area contributed by atoms with Crippen LogP contribution in [-0.4, -0.2) is 51.7 Å². The summed E-state index contributed by atoms with van der Waals surface area (Å²) in [7, 11) is 0. The molecule has 3 aromatic rings. The van der Waals surface area contributed by atoms with Gasteiger partial charge in [0.1, 0.15) is 18.4 Å². The van der Waals surface area contributed by atoms with E-state index in [0.717, 1.165) is 36.1 Å². The summed E-state index contributed by atoms with van der Waals surface area (Å²) in [6.07, 6.45) is 6.35. The van der Waals surface area contributed by atoms with Gasteiger partial charge in [0.25, 0.3) is 0 Å². The fourth-order valence-electron chi connectivity index (χ4n) is 5.45. The Labute approximate surface area is 205 Å². The van der Waals surface area contributed by atoms with Crippen molar-refractivity contribution in [3.05, 3.63) is 65.5 Å². The molecule has 1 spiro atoms. The second-order valence-electron chi connectivity index (χ2n) is 9.61. The number of benzene rings is 2. The van der Waals surface area contributed by atoms with Gasteiger partial charge in [-0.15, -0.1) is 0 Å². The zero-order chi connectivity index (χ0) is 24.6. The molecule has 1 amide bonds. The maximum absolute atomic E-state index is 12.0. The lowest BCUT2D eigenvalue weighted by Crippen LogP contribution is -2.34. The number of fused-ring (bicyclic) bond motifs is 2. The molecule has 1 unspecified atom stereocenters. The number of likely N-dealkylation sites (tertiary alicyclic amines) is 1. The van der Waals surface area contributed by atoms with Crippen LogP contribution in [0, 0.1) is 11.3 Å². The average Bonchev–Trinajstić information content (AvgIpc) is 3.48. The van der Waals surface area contributed by atoms with Crippen LogP contribution in [0.1, 0.15) is 43.4 Å². The summed E-state index contributed by atoms with van der Waals surface area (Å²) in [5.41, 5.74) is 6.37. The van der Waals surface area contributed by atoms with E-state index in [1.54, 1.807) is 29.4 Å². The predicted molar refractivity (Wildman–Crippen MR) is 132 cm³/mol. The number of ether oxygens (including phenoxy) is 1. The molecule has 1 saturated heterocycles. The minimum atomic E-state index is -0.436. The van der Waals surface area contributed by atoms with Crippen LogP contribution in [0.25, 0.3) is 22.5 Å². The maximum atomic E-state index is 12.0. The molecule has 1 aliphatic carbocycles. The molecule has 1 N–H and O–H groups in total. The summed E-state index contributed by atoms with van der Waals surface area (Å²) in [4.78, 5) is 23.2. The minimum absolute atomic E-state index is 0.0127. The van der Waals surface area contributed by atoms with Gasteiger partial charge in [-0.1, -0.05) is 18.2 Å². The maximum Gasteiger partial charge on any atom is 0.248 e. The fourth-order valence-corrected chi connectivity index (χ4v) is 5.45. The normalized spacial score (nSPS) is 18.7. The molecule has 1 fully saturated rings. The summed E-state index contributed by atoms with van der Waals surface area (Å²) in [6, 6.07) is 14.0. The van der Waals surface area contributed by atoms with E-state index in [1.165, 1.54) is 11.1 Å². The van der Waals surface area contributed by atoms with E-state index in [0.29, 0.717) is 30.1 Å². The zero-order valence-electron chi connectivity index (χ0n) is 20.0. The Bertz CT molecular complexity index is 1310. The van der Waals surface area contributed by atoms with Crippen molar-refractivity contribution in [3.8, 4) is 34.3 Å². The largest absolute Gasteiger partial charge is 0.490 e. The smallest absolute Gasteiger partial charge is 0.248 e. The van der Waals surface area contributed by atoms with Crippen LogP contribution in [0.5, 0.6) is 5.75 Å². The van der Waals surface area contributed by atoms with E-state index >= 15 is 0 Å². The van der Waals surface area contributed by atoms with Gasteiger partial charge in [-0.05, 0) is 62.4 Å². The Morgan fingerprint density at radius 2 is 2.00 bits per heavy atom. The van der Waals surface area contributed by atoms with E-state index in [9.17, 15) is 15.2 Å². The molecule has 1 aromatic heterocycles. The second kappa shape index (κ2) is 9.12. The Hall–Kier alpha value is -3.76. The van der Waals surface area contributed by atoms with Crippen LogP contribution >= 0.6 is 0 Å². The minimum Gasteiger partial charge on any atom is -0.490 e. The molecule has 5 rings (SSSR count). The van der Waals surface area contributed by atoms with E-state index in [4.69, 9.17) is 9.72 Å². The first-order chi connectivity index (χ1) is 16.9. The van der Waals surface area contributed by atoms with Crippen molar-refractivity contribution >= 4 is 5.91 Å². The van der Waals surface area contributed by atoms with Crippen molar-refractivity contribution in [1.29, 1.82) is 5.26 Å². The summed E-state index contributed by atoms with van der Waals surface area (Å²) in [6.45, 7) is 4.76. The molecule has 0 bridgehead atoms. The second-order valence-corrected chi connectivity index (χ2v) is 9.61. The first-order valence-corrected chi connectivity index (χ1v) is 12.0. The van der Waals surface area contributed by atoms with E-state index in [1.807, 2.05) is 19.9 Å². The van der Waals surface area contributed by atoms with Gasteiger partial charge in [0.15, 0.2) is 0 Å². The lowest BCUT2D eigenvalue weighted by Gasteiger charge is -2.25. The van der Waals surface area contributed by atoms with Gasteiger partial charge in [0, 0.05) is 29.6 Å². The number of aliphatic hydroxyl groups is 1. The SMILES string of the molecule is CC(C)Oc1ccc(-c2cnc(-c3cccc4c3CCC43CCN(C(=O)CO)C3)cn2)cc1C#N. The highest BCUT2D eigenvalue weighted by Gasteiger charge is 2.45. The number of aromatic nitrogens is 2. The number of rotatable bonds is 5. The van der Waals surface area contributed by atoms with Crippen LogP contribution in [0.3, 0.4) is 0 Å². The number of hydrogen-bond donors (Lipinski definition) is 1. The number of carbonyl (C=O) groups is 1. The lowest BCUT2D eigenvalue weighted by atomic mass is 9.80. The summed E-state index contributed by atoms with van der Waals surface area (Å²) < 4.78 is 5.72. The Morgan fingerprint density at radius 1 is 1.20 bits per heavy atom. The quantitative estimate of drug-likeness (QED) is 0.610. The van der Waals surface area contributed by atoms with Gasteiger partial charge in [-0.3, -0.25) is 14.8 Å². The Kier molecular flexibility index (Phi) is 6.00. The zero-order valence-corrected chi connectivity index (χ0v) is 20.0. The molecular formula is C28H28N4O3. The van der Waals surface area contributed by atoms with Crippen molar-refractivity contribution in [2.24, 2.45) is 0 Å². The van der Waals surface area contributed by atoms with Crippen LogP contribution in [0.4, 0.5) is 0 Å². The van der Waals surface area contributed by atoms with Crippen LogP contribution in [0.15, 0.2) is 48.8 Å². The average molecular weight is 469 g/mol. The Morgan fingerprint density at radius 3 is 2.71 bits per heavy atom. The number of nitrogens with zero attached hydrogens (tertiary/aromatic N) is 4. The molecule has 178 valence electrons. The first-order valence-electron chi connectivity index (χ1n) is 12.0. The monoisotopic (exact) mass is 468 g/mol. The highest BCUT2D eigenvalue weighted by molar-refractivity contribution is 5.78. The summed E-state index contributed by atoms with van der Waals surface area (Å²) >= 11 is 0. The van der Waals surface area contributed by atoms with Crippen LogP contribution in [-0.2, 0) is 16.6 Å². The summed E-state index contributed by atoms with van der Waals surface area (Å²) in [5.74, 6) is 0.368. The number of hydrogen-bond acceptors (Lipinski definition) is 6. The van der Waals surface area contributed by atoms with Crippen LogP contribution < -0.4 is 4.74 Å². The van der Waals surface area contributed by atoms with Crippen molar-refractivity contribution in [2.45, 2.75) is 44.6 Å². The van der Waals surface area contributed by atoms with Gasteiger partial charge in [0.05, 0.1) is 35.4 Å². The fraction of sp³-hybridized carbons (Fsp3) is 0.357. The molecular weight excluding hydrogens is 440 g/mol. The first kappa shape index (κ1) is 23.0. The van der Waals surface area contributed by atoms with Gasteiger partial charge in [-0.25, -0.2) is 0 Å². The Balaban J connectivity index is 1.42. The molecule has 0 radical (unpaired) electrons. The third kappa shape index (κ3) is 4.15. The molecule has 2 aromatic carbocycles. The van der Waals surface area contributed by atoms with E-state index in [-0.39, 0.29) is 17.4 Å². The highest BCUT2D eigenvalue weighted by Crippen LogP contribution is 2.48. The van der Waals surface area contributed by atoms with Gasteiger partial charge < -0.3 is 14.7 Å². The number of nitriles is 1. The molecule has 2 heterocycles. The van der Waals surface area contributed by atoms with Gasteiger partial charge in [-0.2, -0.15) is 5.26 Å². The molecule has 35 heavy (non-hydrogen) atoms. The number of amides is 1. The lowest BCUT2D eigenvalue weighted by molar-refractivity contribution is -0.133. The van der Waals surface area contributed by atoms with Crippen molar-refractivity contribution in [2.75, 3.05) is 19.7 Å². The van der Waals surface area contributed by atoms with Crippen molar-refractivity contribution in [3.63, 3.8) is 0 Å². The third-order valence-electron chi connectivity index (χ3n) is 7.13. The highest BCUT2D eigenvalue weighted by atomic mass is 16.5. The summed E-state index contributed by atoms with van der Waals surface area (Å²) in [5, 5.41) is 18.8. The topological polar surface area (TPSA) is 99.3 Å². The number of aliphatic hydroxyl groups excluding tert-OH is 1. The van der Waals surface area contributed by atoms with E-state index in [2.05, 4.69) is 29.3 Å². The number of carbonyl (C=O) groups excluding carboxylic acids is 1. The molecule has 0 saturated carbocycles. The molecule has 1 atom stereocenters. The molecule has 7 nitrogen and oxygen atoms in total. The third-order valence-corrected chi connectivity index (χ3v) is 7.13. The van der Waals surface area contributed by atoms with Crippen molar-refractivity contribution < 1.29 is 14.6 Å².